The SMILES string of the molecule is NCCc1c(-c2ccccc2C(=O)c2ccccc2)[nH]c2ccccc12. The Bertz CT molecular complexity index is 1060. The third-order valence-corrected chi connectivity index (χ3v) is 4.68. The molecule has 0 saturated heterocycles. The van der Waals surface area contributed by atoms with Gasteiger partial charge >= 0.3 is 0 Å². The number of ketones is 1. The summed E-state index contributed by atoms with van der Waals surface area (Å²) in [6.45, 7) is 0.559. The molecule has 0 aliphatic rings. The number of H-pyrrole nitrogens is 1. The molecule has 26 heavy (non-hydrogen) atoms. The van der Waals surface area contributed by atoms with E-state index in [9.17, 15) is 4.79 Å². The van der Waals surface area contributed by atoms with Gasteiger partial charge in [-0.1, -0.05) is 72.8 Å². The fourth-order valence-electron chi connectivity index (χ4n) is 3.48. The van der Waals surface area contributed by atoms with Crippen LogP contribution in [0.4, 0.5) is 0 Å². The highest BCUT2D eigenvalue weighted by Gasteiger charge is 2.19. The Morgan fingerprint density at radius 2 is 1.54 bits per heavy atom. The highest BCUT2D eigenvalue weighted by molar-refractivity contribution is 6.13. The second-order valence-electron chi connectivity index (χ2n) is 6.30. The topological polar surface area (TPSA) is 58.9 Å². The molecule has 128 valence electrons. The summed E-state index contributed by atoms with van der Waals surface area (Å²) >= 11 is 0. The number of aromatic amines is 1. The minimum atomic E-state index is 0.0264. The molecule has 1 aromatic heterocycles. The van der Waals surface area contributed by atoms with Crippen LogP contribution in [0.3, 0.4) is 0 Å². The molecule has 0 aliphatic carbocycles. The zero-order chi connectivity index (χ0) is 17.9. The molecule has 0 fully saturated rings. The average molecular weight is 340 g/mol. The monoisotopic (exact) mass is 340 g/mol. The zero-order valence-corrected chi connectivity index (χ0v) is 14.4. The van der Waals surface area contributed by atoms with Gasteiger partial charge in [-0.2, -0.15) is 0 Å². The van der Waals surface area contributed by atoms with Gasteiger partial charge in [0.25, 0.3) is 0 Å². The van der Waals surface area contributed by atoms with Gasteiger partial charge in [0.05, 0.1) is 5.69 Å². The average Bonchev–Trinajstić information content (AvgIpc) is 3.07. The maximum absolute atomic E-state index is 13.1. The molecule has 4 aromatic rings. The maximum Gasteiger partial charge on any atom is 0.193 e. The number of hydrogen-bond donors (Lipinski definition) is 2. The fourth-order valence-corrected chi connectivity index (χ4v) is 3.48. The first-order chi connectivity index (χ1) is 12.8. The molecule has 0 atom stereocenters. The van der Waals surface area contributed by atoms with Crippen molar-refractivity contribution in [2.24, 2.45) is 5.73 Å². The summed E-state index contributed by atoms with van der Waals surface area (Å²) in [5.41, 5.74) is 11.4. The third-order valence-electron chi connectivity index (χ3n) is 4.68. The van der Waals surface area contributed by atoms with Crippen molar-refractivity contribution < 1.29 is 4.79 Å². The van der Waals surface area contributed by atoms with E-state index in [1.54, 1.807) is 0 Å². The molecule has 0 radical (unpaired) electrons. The van der Waals surface area contributed by atoms with Crippen LogP contribution >= 0.6 is 0 Å². The van der Waals surface area contributed by atoms with Crippen LogP contribution in [-0.2, 0) is 6.42 Å². The summed E-state index contributed by atoms with van der Waals surface area (Å²) in [5.74, 6) is 0.0264. The summed E-state index contributed by atoms with van der Waals surface area (Å²) in [5, 5.41) is 1.16. The third kappa shape index (κ3) is 2.83. The first-order valence-corrected chi connectivity index (χ1v) is 8.78. The molecule has 0 aliphatic heterocycles. The maximum atomic E-state index is 13.1. The van der Waals surface area contributed by atoms with Gasteiger partial charge < -0.3 is 10.7 Å². The van der Waals surface area contributed by atoms with Crippen molar-refractivity contribution in [2.45, 2.75) is 6.42 Å². The van der Waals surface area contributed by atoms with Gasteiger partial charge in [-0.05, 0) is 24.6 Å². The van der Waals surface area contributed by atoms with E-state index in [2.05, 4.69) is 17.1 Å². The fraction of sp³-hybridized carbons (Fsp3) is 0.0870. The van der Waals surface area contributed by atoms with Crippen molar-refractivity contribution in [3.8, 4) is 11.3 Å². The van der Waals surface area contributed by atoms with Gasteiger partial charge in [-0.3, -0.25) is 4.79 Å². The summed E-state index contributed by atoms with van der Waals surface area (Å²) < 4.78 is 0. The van der Waals surface area contributed by atoms with Crippen LogP contribution in [0.15, 0.2) is 78.9 Å². The van der Waals surface area contributed by atoms with Crippen molar-refractivity contribution in [2.75, 3.05) is 6.54 Å². The van der Waals surface area contributed by atoms with E-state index in [-0.39, 0.29) is 5.78 Å². The van der Waals surface area contributed by atoms with Crippen LogP contribution in [0.5, 0.6) is 0 Å². The second-order valence-corrected chi connectivity index (χ2v) is 6.30. The Kier molecular flexibility index (Phi) is 4.38. The van der Waals surface area contributed by atoms with Crippen LogP contribution in [-0.4, -0.2) is 17.3 Å². The van der Waals surface area contributed by atoms with E-state index in [0.29, 0.717) is 17.7 Å². The van der Waals surface area contributed by atoms with Crippen LogP contribution in [0.1, 0.15) is 21.5 Å². The second kappa shape index (κ2) is 6.98. The number of hydrogen-bond acceptors (Lipinski definition) is 2. The van der Waals surface area contributed by atoms with E-state index in [1.807, 2.05) is 66.7 Å². The van der Waals surface area contributed by atoms with Gasteiger partial charge in [0.2, 0.25) is 0 Å². The van der Waals surface area contributed by atoms with Crippen molar-refractivity contribution in [1.82, 2.24) is 4.98 Å². The Hall–Kier alpha value is -3.17. The van der Waals surface area contributed by atoms with Crippen molar-refractivity contribution in [3.63, 3.8) is 0 Å². The van der Waals surface area contributed by atoms with Gasteiger partial charge in [-0.25, -0.2) is 0 Å². The molecule has 0 bridgehead atoms. The molecule has 3 aromatic carbocycles. The molecule has 0 amide bonds. The van der Waals surface area contributed by atoms with Crippen LogP contribution in [0.25, 0.3) is 22.2 Å². The van der Waals surface area contributed by atoms with E-state index in [1.165, 1.54) is 0 Å². The van der Waals surface area contributed by atoms with Crippen LogP contribution in [0.2, 0.25) is 0 Å². The number of benzene rings is 3. The summed E-state index contributed by atoms with van der Waals surface area (Å²) in [4.78, 5) is 16.6. The summed E-state index contributed by atoms with van der Waals surface area (Å²) in [6.07, 6.45) is 0.757. The van der Waals surface area contributed by atoms with E-state index >= 15 is 0 Å². The largest absolute Gasteiger partial charge is 0.354 e. The summed E-state index contributed by atoms with van der Waals surface area (Å²) in [6, 6.07) is 25.4. The Labute approximate surface area is 152 Å². The minimum absolute atomic E-state index is 0.0264. The number of aromatic nitrogens is 1. The number of carbonyl (C=O) groups excluding carboxylic acids is 1. The molecule has 0 unspecified atom stereocenters. The number of para-hydroxylation sites is 1. The Morgan fingerprint density at radius 3 is 2.35 bits per heavy atom. The molecule has 3 N–H and O–H groups in total. The lowest BCUT2D eigenvalue weighted by Crippen LogP contribution is -2.06. The molecular formula is C23H20N2O. The van der Waals surface area contributed by atoms with Crippen LogP contribution < -0.4 is 5.73 Å². The lowest BCUT2D eigenvalue weighted by Gasteiger charge is -2.10. The normalized spacial score (nSPS) is 11.0. The molecular weight excluding hydrogens is 320 g/mol. The quantitative estimate of drug-likeness (QED) is 0.523. The first-order valence-electron chi connectivity index (χ1n) is 8.78. The van der Waals surface area contributed by atoms with E-state index in [0.717, 1.165) is 34.1 Å². The van der Waals surface area contributed by atoms with Gasteiger partial charge in [0, 0.05) is 27.6 Å². The Balaban J connectivity index is 1.91. The van der Waals surface area contributed by atoms with Crippen molar-refractivity contribution >= 4 is 16.7 Å². The Morgan fingerprint density at radius 1 is 0.846 bits per heavy atom. The van der Waals surface area contributed by atoms with Crippen molar-refractivity contribution in [3.05, 3.63) is 95.6 Å². The molecule has 3 nitrogen and oxygen atoms in total. The predicted molar refractivity (Wildman–Crippen MR) is 106 cm³/mol. The molecule has 0 spiro atoms. The molecule has 3 heteroatoms. The number of rotatable bonds is 5. The molecule has 1 heterocycles. The highest BCUT2D eigenvalue weighted by atomic mass is 16.1. The van der Waals surface area contributed by atoms with E-state index < -0.39 is 0 Å². The van der Waals surface area contributed by atoms with Gasteiger partial charge in [0.1, 0.15) is 0 Å². The lowest BCUT2D eigenvalue weighted by atomic mass is 9.94. The lowest BCUT2D eigenvalue weighted by molar-refractivity contribution is 0.103. The molecule has 0 saturated carbocycles. The minimum Gasteiger partial charge on any atom is -0.354 e. The van der Waals surface area contributed by atoms with E-state index in [4.69, 9.17) is 5.73 Å². The number of fused-ring (bicyclic) bond motifs is 1. The zero-order valence-electron chi connectivity index (χ0n) is 14.4. The summed E-state index contributed by atoms with van der Waals surface area (Å²) in [7, 11) is 0. The number of nitrogens with two attached hydrogens (primary N) is 1. The highest BCUT2D eigenvalue weighted by Crippen LogP contribution is 2.33. The number of nitrogens with one attached hydrogen (secondary N) is 1. The smallest absolute Gasteiger partial charge is 0.193 e. The standard InChI is InChI=1S/C23H20N2O/c24-15-14-19-17-10-6-7-13-21(17)25-22(19)18-11-4-5-12-20(18)23(26)16-8-2-1-3-9-16/h1-13,25H,14-15,24H2. The molecule has 4 rings (SSSR count). The number of carbonyl (C=O) groups is 1. The van der Waals surface area contributed by atoms with Gasteiger partial charge in [0.15, 0.2) is 5.78 Å². The van der Waals surface area contributed by atoms with Crippen molar-refractivity contribution in [1.29, 1.82) is 0 Å². The van der Waals surface area contributed by atoms with Crippen LogP contribution in [0, 0.1) is 0 Å². The van der Waals surface area contributed by atoms with Gasteiger partial charge in [-0.15, -0.1) is 0 Å². The predicted octanol–water partition coefficient (Wildman–Crippen LogP) is 4.57. The first kappa shape index (κ1) is 16.3.